The Morgan fingerprint density at radius 1 is 1.03 bits per heavy atom. The molecule has 1 amide bonds. The summed E-state index contributed by atoms with van der Waals surface area (Å²) < 4.78 is 5.41. The van der Waals surface area contributed by atoms with Gasteiger partial charge in [-0.2, -0.15) is 11.8 Å². The summed E-state index contributed by atoms with van der Waals surface area (Å²) in [5.41, 5.74) is 4.39. The Hall–Kier alpha value is -2.84. The number of hydrogen-bond donors (Lipinski definition) is 3. The number of carbonyl (C=O) groups excluding carboxylic acids is 2. The number of ether oxygens (including phenoxy) is 1. The Labute approximate surface area is 210 Å². The first-order valence-electron chi connectivity index (χ1n) is 11.7. The molecule has 1 aliphatic carbocycles. The molecule has 3 rings (SSSR count). The number of rotatable bonds is 10. The van der Waals surface area contributed by atoms with E-state index in [4.69, 9.17) is 4.74 Å². The predicted octanol–water partition coefficient (Wildman–Crippen LogP) is 4.47. The number of aliphatic hydroxyl groups excluding tert-OH is 1. The van der Waals surface area contributed by atoms with Gasteiger partial charge < -0.3 is 20.3 Å². The Bertz CT molecular complexity index is 1030. The Kier molecular flexibility index (Phi) is 8.61. The molecule has 0 spiro atoms. The third-order valence-electron chi connectivity index (χ3n) is 6.03. The Balaban J connectivity index is 1.69. The van der Waals surface area contributed by atoms with Crippen LogP contribution in [-0.4, -0.2) is 57.3 Å². The average Bonchev–Trinajstić information content (AvgIpc) is 3.11. The third kappa shape index (κ3) is 6.86. The maximum Gasteiger partial charge on any atom is 0.407 e. The molecule has 0 radical (unpaired) electrons. The number of hydrogen-bond acceptors (Lipinski definition) is 6. The molecule has 0 aromatic heterocycles. The molecule has 3 N–H and O–H groups in total. The normalized spacial score (nSPS) is 15.5. The summed E-state index contributed by atoms with van der Waals surface area (Å²) in [5.74, 6) is -2.80. The fourth-order valence-corrected chi connectivity index (χ4v) is 5.09. The second kappa shape index (κ2) is 11.3. The van der Waals surface area contributed by atoms with E-state index in [1.54, 1.807) is 0 Å². The molecule has 0 fully saturated rings. The lowest BCUT2D eigenvalue weighted by Gasteiger charge is -2.24. The molecule has 7 nitrogen and oxygen atoms in total. The first-order chi connectivity index (χ1) is 16.5. The molecule has 0 saturated heterocycles. The molecule has 0 heterocycles. The highest BCUT2D eigenvalue weighted by Gasteiger charge is 2.33. The van der Waals surface area contributed by atoms with Gasteiger partial charge in [0.05, 0.1) is 18.1 Å². The Morgan fingerprint density at radius 3 is 2.06 bits per heavy atom. The molecule has 0 bridgehead atoms. The van der Waals surface area contributed by atoms with Crippen LogP contribution in [0.1, 0.15) is 51.2 Å². The zero-order valence-corrected chi connectivity index (χ0v) is 21.3. The molecule has 188 valence electrons. The van der Waals surface area contributed by atoms with E-state index in [2.05, 4.69) is 5.32 Å². The van der Waals surface area contributed by atoms with Gasteiger partial charge in [0.25, 0.3) is 0 Å². The summed E-state index contributed by atoms with van der Waals surface area (Å²) >= 11 is 1.48. The van der Waals surface area contributed by atoms with Crippen molar-refractivity contribution < 1.29 is 29.3 Å². The van der Waals surface area contributed by atoms with Gasteiger partial charge in [0.1, 0.15) is 6.61 Å². The van der Waals surface area contributed by atoms with E-state index in [1.807, 2.05) is 69.3 Å². The Morgan fingerprint density at radius 2 is 1.57 bits per heavy atom. The maximum absolute atomic E-state index is 12.9. The molecule has 1 aliphatic rings. The van der Waals surface area contributed by atoms with Crippen molar-refractivity contribution >= 4 is 29.6 Å². The van der Waals surface area contributed by atoms with E-state index < -0.39 is 35.9 Å². The lowest BCUT2D eigenvalue weighted by molar-refractivity contribution is -0.147. The number of thioether (sulfide) groups is 1. The lowest BCUT2D eigenvalue weighted by Crippen LogP contribution is -2.45. The lowest BCUT2D eigenvalue weighted by atomic mass is 9.95. The van der Waals surface area contributed by atoms with Gasteiger partial charge in [0.15, 0.2) is 5.78 Å². The van der Waals surface area contributed by atoms with Gasteiger partial charge >= 0.3 is 12.1 Å². The van der Waals surface area contributed by atoms with Crippen LogP contribution in [0.3, 0.4) is 0 Å². The number of aliphatic carboxylic acids is 1. The van der Waals surface area contributed by atoms with Gasteiger partial charge in [-0.1, -0.05) is 69.3 Å². The van der Waals surface area contributed by atoms with E-state index in [9.17, 15) is 24.6 Å². The number of amides is 1. The van der Waals surface area contributed by atoms with Crippen molar-refractivity contribution in [2.75, 3.05) is 12.4 Å². The maximum atomic E-state index is 12.9. The minimum atomic E-state index is -1.25. The van der Waals surface area contributed by atoms with E-state index in [1.165, 1.54) is 18.7 Å². The minimum absolute atomic E-state index is 0.110. The van der Waals surface area contributed by atoms with E-state index >= 15 is 0 Å². The summed E-state index contributed by atoms with van der Waals surface area (Å²) in [4.78, 5) is 37.2. The number of carboxylic acids is 1. The van der Waals surface area contributed by atoms with Crippen LogP contribution in [0.4, 0.5) is 4.79 Å². The van der Waals surface area contributed by atoms with Crippen LogP contribution in [-0.2, 0) is 14.3 Å². The van der Waals surface area contributed by atoms with Crippen molar-refractivity contribution in [3.05, 3.63) is 59.7 Å². The van der Waals surface area contributed by atoms with Gasteiger partial charge in [0.2, 0.25) is 0 Å². The molecular weight excluding hydrogens is 466 g/mol. The van der Waals surface area contributed by atoms with Crippen LogP contribution in [0.15, 0.2) is 48.5 Å². The number of nitrogens with one attached hydrogen (secondary N) is 1. The summed E-state index contributed by atoms with van der Waals surface area (Å²) in [6.07, 6.45) is -2.31. The largest absolute Gasteiger partial charge is 0.481 e. The minimum Gasteiger partial charge on any atom is -0.481 e. The SMILES string of the molecule is CC(O)[C@H](CC(=O)[C@H](CSC(C)(C)C)NC(=O)OCC1c2ccccc2-c2ccccc21)C(=O)O. The van der Waals surface area contributed by atoms with Gasteiger partial charge in [-0.15, -0.1) is 0 Å². The molecule has 0 aliphatic heterocycles. The quantitative estimate of drug-likeness (QED) is 0.442. The molecule has 1 unspecified atom stereocenters. The standard InChI is InChI=1S/C27H33NO6S/c1-16(29)21(25(31)32)13-24(30)23(15-35-27(2,3)4)28-26(33)34-14-22-19-11-7-5-9-17(19)18-10-6-8-12-20(18)22/h5-12,16,21-23,29H,13-15H2,1-4H3,(H,28,33)(H,31,32)/t16?,21-,23-/m0/s1. The number of benzene rings is 2. The number of alkyl carbamates (subject to hydrolysis) is 1. The molecule has 8 heteroatoms. The van der Waals surface area contributed by atoms with Crippen molar-refractivity contribution in [3.63, 3.8) is 0 Å². The molecular formula is C27H33NO6S. The van der Waals surface area contributed by atoms with Crippen LogP contribution in [0, 0.1) is 5.92 Å². The number of aliphatic hydroxyl groups is 1. The fraction of sp³-hybridized carbons (Fsp3) is 0.444. The highest BCUT2D eigenvalue weighted by atomic mass is 32.2. The van der Waals surface area contributed by atoms with Gasteiger partial charge in [-0.25, -0.2) is 4.79 Å². The van der Waals surface area contributed by atoms with Crippen molar-refractivity contribution in [3.8, 4) is 11.1 Å². The van der Waals surface area contributed by atoms with Crippen molar-refractivity contribution in [1.82, 2.24) is 5.32 Å². The average molecular weight is 500 g/mol. The van der Waals surface area contributed by atoms with E-state index in [0.29, 0.717) is 0 Å². The first-order valence-corrected chi connectivity index (χ1v) is 12.7. The van der Waals surface area contributed by atoms with Crippen LogP contribution < -0.4 is 5.32 Å². The van der Waals surface area contributed by atoms with Crippen LogP contribution in [0.5, 0.6) is 0 Å². The van der Waals surface area contributed by atoms with Crippen LogP contribution in [0.2, 0.25) is 0 Å². The number of ketones is 1. The summed E-state index contributed by atoms with van der Waals surface area (Å²) in [6.45, 7) is 7.41. The van der Waals surface area contributed by atoms with Gasteiger partial charge in [-0.3, -0.25) is 9.59 Å². The summed E-state index contributed by atoms with van der Waals surface area (Å²) in [5, 5.41) is 21.8. The molecule has 2 aromatic rings. The van der Waals surface area contributed by atoms with E-state index in [0.717, 1.165) is 22.3 Å². The van der Waals surface area contributed by atoms with Crippen LogP contribution in [0.25, 0.3) is 11.1 Å². The summed E-state index contributed by atoms with van der Waals surface area (Å²) in [6, 6.07) is 15.1. The van der Waals surface area contributed by atoms with Crippen molar-refractivity contribution in [2.24, 2.45) is 5.92 Å². The number of carboxylic acid groups (broad SMARTS) is 1. The monoisotopic (exact) mass is 499 g/mol. The number of carbonyl (C=O) groups is 3. The van der Waals surface area contributed by atoms with Gasteiger partial charge in [0, 0.05) is 22.8 Å². The summed E-state index contributed by atoms with van der Waals surface area (Å²) in [7, 11) is 0. The molecule has 3 atom stereocenters. The smallest absolute Gasteiger partial charge is 0.407 e. The van der Waals surface area contributed by atoms with Crippen molar-refractivity contribution in [1.29, 1.82) is 0 Å². The van der Waals surface area contributed by atoms with Gasteiger partial charge in [-0.05, 0) is 29.2 Å². The third-order valence-corrected chi connectivity index (χ3v) is 7.39. The molecule has 2 aromatic carbocycles. The highest BCUT2D eigenvalue weighted by Crippen LogP contribution is 2.44. The molecule has 0 saturated carbocycles. The highest BCUT2D eigenvalue weighted by molar-refractivity contribution is 8.00. The topological polar surface area (TPSA) is 113 Å². The first kappa shape index (κ1) is 26.8. The second-order valence-electron chi connectivity index (χ2n) is 9.80. The predicted molar refractivity (Wildman–Crippen MR) is 137 cm³/mol. The van der Waals surface area contributed by atoms with Crippen molar-refractivity contribution in [2.45, 2.75) is 56.9 Å². The zero-order chi connectivity index (χ0) is 25.8. The fourth-order valence-electron chi connectivity index (χ4n) is 4.15. The van der Waals surface area contributed by atoms with E-state index in [-0.39, 0.29) is 29.4 Å². The molecule has 35 heavy (non-hydrogen) atoms. The second-order valence-corrected chi connectivity index (χ2v) is 11.6. The number of Topliss-reactive ketones (excluding diaryl/α,β-unsaturated/α-hetero) is 1. The zero-order valence-electron chi connectivity index (χ0n) is 20.5. The number of fused-ring (bicyclic) bond motifs is 3. The van der Waals surface area contributed by atoms with Crippen LogP contribution >= 0.6 is 11.8 Å².